The first-order valence-electron chi connectivity index (χ1n) is 14.6. The Balaban J connectivity index is 1.28. The largest absolute Gasteiger partial charge is 0.478 e. The number of rotatable bonds is 9. The number of carboxylic acids is 1. The molecule has 2 aromatic carbocycles. The van der Waals surface area contributed by atoms with Gasteiger partial charge in [0.25, 0.3) is 0 Å². The van der Waals surface area contributed by atoms with Gasteiger partial charge in [-0.1, -0.05) is 35.6 Å². The molecule has 2 amide bonds. The fourth-order valence-corrected chi connectivity index (χ4v) is 6.47. The number of benzene rings is 2. The number of aromatic nitrogens is 3. The molecule has 13 heteroatoms. The third-order valence-electron chi connectivity index (χ3n) is 7.50. The summed E-state index contributed by atoms with van der Waals surface area (Å²) in [5.74, 6) is 4.99. The van der Waals surface area contributed by atoms with Crippen LogP contribution in [0.3, 0.4) is 0 Å². The minimum atomic E-state index is -1.17. The number of carbonyl (C=O) groups is 3. The minimum Gasteiger partial charge on any atom is -0.478 e. The Labute approximate surface area is 274 Å². The van der Waals surface area contributed by atoms with E-state index in [2.05, 4.69) is 46.5 Å². The number of hydrogen-bond acceptors (Lipinski definition) is 8. The Kier molecular flexibility index (Phi) is 9.96. The molecule has 5 N–H and O–H groups in total. The number of nitrogens with zero attached hydrogens (tertiary/aromatic N) is 4. The molecule has 1 atom stereocenters. The number of carbonyl (C=O) groups excluding carboxylic acids is 2. The van der Waals surface area contributed by atoms with E-state index >= 15 is 0 Å². The summed E-state index contributed by atoms with van der Waals surface area (Å²) >= 11 is 7.82. The minimum absolute atomic E-state index is 0.0208. The predicted octanol–water partition coefficient (Wildman–Crippen LogP) is 4.73. The van der Waals surface area contributed by atoms with Gasteiger partial charge in [0.1, 0.15) is 16.9 Å². The molecule has 1 aliphatic heterocycles. The maximum atomic E-state index is 13.2. The number of aromatic carboxylic acids is 1. The monoisotopic (exact) mass is 657 g/mol. The fourth-order valence-electron chi connectivity index (χ4n) is 5.13. The van der Waals surface area contributed by atoms with Crippen molar-refractivity contribution in [1.29, 1.82) is 0 Å². The van der Waals surface area contributed by atoms with Crippen molar-refractivity contribution in [3.63, 3.8) is 0 Å². The van der Waals surface area contributed by atoms with Gasteiger partial charge in [-0.25, -0.2) is 4.79 Å². The number of aliphatic imine (C=N–C) groups is 1. The summed E-state index contributed by atoms with van der Waals surface area (Å²) in [5.41, 5.74) is 9.75. The normalized spacial score (nSPS) is 13.4. The Morgan fingerprint density at radius 3 is 2.57 bits per heavy atom. The van der Waals surface area contributed by atoms with Crippen LogP contribution < -0.4 is 16.4 Å². The quantitative estimate of drug-likeness (QED) is 0.149. The van der Waals surface area contributed by atoms with Gasteiger partial charge >= 0.3 is 5.97 Å². The number of carboxylic acid groups (broad SMARTS) is 1. The van der Waals surface area contributed by atoms with Gasteiger partial charge in [0.2, 0.25) is 11.8 Å². The number of amides is 2. The van der Waals surface area contributed by atoms with Crippen molar-refractivity contribution in [2.45, 2.75) is 46.1 Å². The lowest BCUT2D eigenvalue weighted by atomic mass is 9.99. The molecule has 2 aromatic heterocycles. The zero-order valence-electron chi connectivity index (χ0n) is 25.5. The van der Waals surface area contributed by atoms with Gasteiger partial charge in [-0.05, 0) is 63.1 Å². The van der Waals surface area contributed by atoms with Gasteiger partial charge in [0.15, 0.2) is 5.82 Å². The molecule has 0 saturated carbocycles. The lowest BCUT2D eigenvalue weighted by Gasteiger charge is -2.13. The molecule has 11 nitrogen and oxygen atoms in total. The highest BCUT2D eigenvalue weighted by Crippen LogP contribution is 2.39. The van der Waals surface area contributed by atoms with Gasteiger partial charge < -0.3 is 21.5 Å². The van der Waals surface area contributed by atoms with Crippen LogP contribution in [0.4, 0.5) is 5.69 Å². The second-order valence-corrected chi connectivity index (χ2v) is 12.3. The van der Waals surface area contributed by atoms with Crippen LogP contribution in [0.25, 0.3) is 5.00 Å². The van der Waals surface area contributed by atoms with Crippen molar-refractivity contribution in [3.8, 4) is 16.8 Å². The third kappa shape index (κ3) is 7.02. The van der Waals surface area contributed by atoms with Crippen LogP contribution in [0.2, 0.25) is 5.02 Å². The summed E-state index contributed by atoms with van der Waals surface area (Å²) in [7, 11) is 0. The molecule has 0 spiro atoms. The second kappa shape index (κ2) is 14.1. The van der Waals surface area contributed by atoms with Gasteiger partial charge in [-0.15, -0.1) is 21.5 Å². The lowest BCUT2D eigenvalue weighted by molar-refractivity contribution is -0.122. The van der Waals surface area contributed by atoms with Crippen LogP contribution in [0.5, 0.6) is 0 Å². The first kappa shape index (κ1) is 32.6. The fraction of sp³-hybridized carbons (Fsp3) is 0.273. The molecule has 236 valence electrons. The summed E-state index contributed by atoms with van der Waals surface area (Å²) in [6.07, 6.45) is 0.418. The average Bonchev–Trinajstić information content (AvgIpc) is 3.50. The van der Waals surface area contributed by atoms with E-state index in [9.17, 15) is 19.5 Å². The SMILES string of the molecule is Cc1sc2c(c1C)C(c1ccc(Cl)cc1)=N[C@@H](CC(=O)NCCCC(=O)Nc1cc(C#CCN)ccc1C(=O)O)c1nnc(C)n1-2. The average molecular weight is 658 g/mol. The molecule has 0 saturated heterocycles. The maximum absolute atomic E-state index is 13.2. The lowest BCUT2D eigenvalue weighted by Crippen LogP contribution is -2.27. The second-order valence-electron chi connectivity index (χ2n) is 10.7. The zero-order valence-corrected chi connectivity index (χ0v) is 27.1. The Morgan fingerprint density at radius 2 is 1.85 bits per heavy atom. The van der Waals surface area contributed by atoms with Crippen molar-refractivity contribution in [2.24, 2.45) is 10.7 Å². The number of halogens is 1. The number of thiophene rings is 1. The summed E-state index contributed by atoms with van der Waals surface area (Å²) in [6.45, 7) is 6.40. The Hall–Kier alpha value is -4.83. The van der Waals surface area contributed by atoms with Gasteiger partial charge in [0.05, 0.1) is 29.9 Å². The summed E-state index contributed by atoms with van der Waals surface area (Å²) in [6, 6.07) is 11.3. The smallest absolute Gasteiger partial charge is 0.337 e. The van der Waals surface area contributed by atoms with E-state index in [4.69, 9.17) is 22.3 Å². The molecule has 0 fully saturated rings. The Morgan fingerprint density at radius 1 is 1.09 bits per heavy atom. The molecule has 0 unspecified atom stereocenters. The number of anilines is 1. The van der Waals surface area contributed by atoms with Crippen molar-refractivity contribution in [3.05, 3.63) is 91.8 Å². The van der Waals surface area contributed by atoms with Gasteiger partial charge in [-0.2, -0.15) is 0 Å². The van der Waals surface area contributed by atoms with E-state index in [1.165, 1.54) is 12.1 Å². The molecule has 0 radical (unpaired) electrons. The molecule has 46 heavy (non-hydrogen) atoms. The van der Waals surface area contributed by atoms with E-state index in [0.717, 1.165) is 32.3 Å². The van der Waals surface area contributed by atoms with Crippen LogP contribution in [0, 0.1) is 32.6 Å². The van der Waals surface area contributed by atoms with E-state index < -0.39 is 12.0 Å². The van der Waals surface area contributed by atoms with Gasteiger partial charge in [0, 0.05) is 39.6 Å². The van der Waals surface area contributed by atoms with Crippen LogP contribution in [-0.2, 0) is 9.59 Å². The number of nitrogens with one attached hydrogen (secondary N) is 2. The van der Waals surface area contributed by atoms with E-state index in [-0.39, 0.29) is 49.0 Å². The molecule has 0 aliphatic carbocycles. The van der Waals surface area contributed by atoms with Crippen LogP contribution in [0.1, 0.15) is 74.4 Å². The van der Waals surface area contributed by atoms with E-state index in [1.807, 2.05) is 35.8 Å². The molecule has 1 aliphatic rings. The van der Waals surface area contributed by atoms with E-state index in [1.54, 1.807) is 17.4 Å². The van der Waals surface area contributed by atoms with Crippen molar-refractivity contribution >= 4 is 52.1 Å². The summed E-state index contributed by atoms with van der Waals surface area (Å²) < 4.78 is 1.98. The predicted molar refractivity (Wildman–Crippen MR) is 178 cm³/mol. The molecular formula is C33H32ClN7O4S. The standard InChI is InChI=1S/C33H32ClN7O4S/c1-18-19(2)46-32-29(18)30(22-9-11-23(34)12-10-22)38-26(31-40-39-20(3)41(31)32)17-28(43)36-15-5-7-27(42)37-25-16-21(6-4-14-35)8-13-24(25)33(44)45/h8-13,16,26H,5,7,14-15,17,35H2,1-3H3,(H,36,43)(H,37,42)(H,44,45)/t26-/m0/s1. The topological polar surface area (TPSA) is 165 Å². The molecule has 0 bridgehead atoms. The Bertz CT molecular complexity index is 1920. The van der Waals surface area contributed by atoms with Crippen LogP contribution >= 0.6 is 22.9 Å². The highest BCUT2D eigenvalue weighted by Gasteiger charge is 2.32. The van der Waals surface area contributed by atoms with Crippen molar-refractivity contribution in [2.75, 3.05) is 18.4 Å². The van der Waals surface area contributed by atoms with Gasteiger partial charge in [-0.3, -0.25) is 19.1 Å². The molecular weight excluding hydrogens is 626 g/mol. The number of fused-ring (bicyclic) bond motifs is 3. The molecule has 4 aromatic rings. The summed E-state index contributed by atoms with van der Waals surface area (Å²) in [5, 5.41) is 25.4. The van der Waals surface area contributed by atoms with Crippen LogP contribution in [-0.4, -0.2) is 56.5 Å². The first-order valence-corrected chi connectivity index (χ1v) is 15.8. The van der Waals surface area contributed by atoms with Crippen molar-refractivity contribution < 1.29 is 19.5 Å². The first-order chi connectivity index (χ1) is 22.1. The third-order valence-corrected chi connectivity index (χ3v) is 8.94. The number of aryl methyl sites for hydroxylation is 2. The highest BCUT2D eigenvalue weighted by molar-refractivity contribution is 7.15. The maximum Gasteiger partial charge on any atom is 0.337 e. The molecule has 5 rings (SSSR count). The summed E-state index contributed by atoms with van der Waals surface area (Å²) in [4.78, 5) is 43.8. The van der Waals surface area contributed by atoms with Crippen molar-refractivity contribution in [1.82, 2.24) is 20.1 Å². The van der Waals surface area contributed by atoms with E-state index in [0.29, 0.717) is 28.7 Å². The number of hydrogen-bond donors (Lipinski definition) is 4. The highest BCUT2D eigenvalue weighted by atomic mass is 35.5. The zero-order chi connectivity index (χ0) is 33.0. The van der Waals surface area contributed by atoms with Crippen LogP contribution in [0.15, 0.2) is 47.5 Å². The molecule has 3 heterocycles. The number of nitrogens with two attached hydrogens (primary N) is 1.